The van der Waals surface area contributed by atoms with Gasteiger partial charge in [0.25, 0.3) is 0 Å². The van der Waals surface area contributed by atoms with Gasteiger partial charge in [0.05, 0.1) is 11.4 Å². The monoisotopic (exact) mass is 239 g/mol. The average molecular weight is 239 g/mol. The molecule has 0 heterocycles. The molecule has 0 saturated heterocycles. The first-order chi connectivity index (χ1) is 8.75. The highest BCUT2D eigenvalue weighted by Gasteiger charge is 2.64. The van der Waals surface area contributed by atoms with Gasteiger partial charge in [-0.3, -0.25) is 0 Å². The molecular formula is C16H15O2-. The number of carboxylic acid groups (broad SMARTS) is 1. The first-order valence-electron chi connectivity index (χ1n) is 6.55. The molecule has 0 radical (unpaired) electrons. The molecule has 18 heavy (non-hydrogen) atoms. The Hall–Kier alpha value is -1.75. The van der Waals surface area contributed by atoms with Crippen molar-refractivity contribution < 1.29 is 9.90 Å². The molecule has 1 unspecified atom stereocenters. The zero-order valence-electron chi connectivity index (χ0n) is 10.2. The lowest BCUT2D eigenvalue weighted by Crippen LogP contribution is -2.34. The molecule has 0 aromatic heterocycles. The predicted octanol–water partition coefficient (Wildman–Crippen LogP) is 1.59. The van der Waals surface area contributed by atoms with Crippen LogP contribution in [-0.2, 0) is 4.79 Å². The van der Waals surface area contributed by atoms with E-state index in [4.69, 9.17) is 0 Å². The molecule has 0 N–H and O–H groups in total. The number of benzene rings is 1. The van der Waals surface area contributed by atoms with E-state index < -0.39 is 11.4 Å². The topological polar surface area (TPSA) is 40.1 Å². The van der Waals surface area contributed by atoms with Gasteiger partial charge in [0, 0.05) is 5.56 Å². The summed E-state index contributed by atoms with van der Waals surface area (Å²) in [6.45, 7) is 0. The van der Waals surface area contributed by atoms with Gasteiger partial charge in [-0.05, 0) is 36.8 Å². The number of carbonyl (C=O) groups excluding carboxylic acids is 1. The van der Waals surface area contributed by atoms with Gasteiger partial charge in [-0.1, -0.05) is 42.9 Å². The number of fused-ring (bicyclic) bond motifs is 1. The SMILES string of the molecule is O=C([O-])C1(C#Cc2ccccc2)[C@@H]2CCCC[C@@H]21. The first-order valence-corrected chi connectivity index (χ1v) is 6.55. The minimum absolute atomic E-state index is 0.229. The normalized spacial score (nSPS) is 32.9. The Balaban J connectivity index is 1.90. The molecule has 3 rings (SSSR count). The lowest BCUT2D eigenvalue weighted by Gasteiger charge is -2.11. The van der Waals surface area contributed by atoms with Crippen LogP contribution in [0.5, 0.6) is 0 Å². The predicted molar refractivity (Wildman–Crippen MR) is 66.2 cm³/mol. The van der Waals surface area contributed by atoms with Crippen molar-refractivity contribution in [3.05, 3.63) is 35.9 Å². The van der Waals surface area contributed by atoms with Gasteiger partial charge in [-0.15, -0.1) is 0 Å². The molecule has 0 bridgehead atoms. The molecule has 92 valence electrons. The van der Waals surface area contributed by atoms with Gasteiger partial charge in [-0.25, -0.2) is 0 Å². The van der Waals surface area contributed by atoms with Crippen LogP contribution in [0.15, 0.2) is 30.3 Å². The summed E-state index contributed by atoms with van der Waals surface area (Å²) in [6, 6.07) is 9.56. The molecule has 1 aromatic carbocycles. The Kier molecular flexibility index (Phi) is 2.63. The van der Waals surface area contributed by atoms with Crippen LogP contribution in [0.4, 0.5) is 0 Å². The summed E-state index contributed by atoms with van der Waals surface area (Å²) in [5, 5.41) is 11.5. The van der Waals surface area contributed by atoms with Gasteiger partial charge in [-0.2, -0.15) is 0 Å². The first kappa shape index (κ1) is 11.3. The number of hydrogen-bond acceptors (Lipinski definition) is 2. The lowest BCUT2D eigenvalue weighted by atomic mass is 10.0. The number of carboxylic acids is 1. The fourth-order valence-electron chi connectivity index (χ4n) is 3.36. The van der Waals surface area contributed by atoms with Crippen molar-refractivity contribution in [1.29, 1.82) is 0 Å². The van der Waals surface area contributed by atoms with Crippen molar-refractivity contribution in [2.24, 2.45) is 17.3 Å². The zero-order valence-corrected chi connectivity index (χ0v) is 10.2. The van der Waals surface area contributed by atoms with E-state index in [-0.39, 0.29) is 11.8 Å². The van der Waals surface area contributed by atoms with E-state index in [1.54, 1.807) is 0 Å². The Morgan fingerprint density at radius 2 is 1.78 bits per heavy atom. The van der Waals surface area contributed by atoms with Crippen molar-refractivity contribution in [2.75, 3.05) is 0 Å². The van der Waals surface area contributed by atoms with Gasteiger partial charge < -0.3 is 9.90 Å². The molecule has 2 aliphatic carbocycles. The summed E-state index contributed by atoms with van der Waals surface area (Å²) in [6.07, 6.45) is 4.23. The van der Waals surface area contributed by atoms with E-state index in [2.05, 4.69) is 11.8 Å². The van der Waals surface area contributed by atoms with E-state index in [1.165, 1.54) is 0 Å². The van der Waals surface area contributed by atoms with E-state index in [9.17, 15) is 9.90 Å². The van der Waals surface area contributed by atoms with E-state index in [0.717, 1.165) is 31.2 Å². The van der Waals surface area contributed by atoms with Crippen molar-refractivity contribution in [1.82, 2.24) is 0 Å². The van der Waals surface area contributed by atoms with Gasteiger partial charge in [0.1, 0.15) is 0 Å². The smallest absolute Gasteiger partial charge is 0.0774 e. The van der Waals surface area contributed by atoms with E-state index in [1.807, 2.05) is 30.3 Å². The van der Waals surface area contributed by atoms with Crippen molar-refractivity contribution in [3.63, 3.8) is 0 Å². The molecule has 2 aliphatic rings. The molecule has 2 saturated carbocycles. The molecule has 1 aromatic rings. The zero-order chi connectivity index (χ0) is 12.6. The minimum Gasteiger partial charge on any atom is -0.548 e. The third-order valence-electron chi connectivity index (χ3n) is 4.35. The maximum atomic E-state index is 11.5. The second-order valence-electron chi connectivity index (χ2n) is 5.27. The maximum Gasteiger partial charge on any atom is 0.0774 e. The molecule has 0 spiro atoms. The van der Waals surface area contributed by atoms with E-state index >= 15 is 0 Å². The molecular weight excluding hydrogens is 224 g/mol. The highest BCUT2D eigenvalue weighted by atomic mass is 16.4. The van der Waals surface area contributed by atoms with Crippen LogP contribution in [0.3, 0.4) is 0 Å². The number of hydrogen-bond donors (Lipinski definition) is 0. The molecule has 0 amide bonds. The van der Waals surface area contributed by atoms with Crippen LogP contribution in [0, 0.1) is 29.1 Å². The number of carbonyl (C=O) groups is 1. The second kappa shape index (κ2) is 4.17. The van der Waals surface area contributed by atoms with Gasteiger partial charge in [0.2, 0.25) is 0 Å². The third-order valence-corrected chi connectivity index (χ3v) is 4.35. The Morgan fingerprint density at radius 1 is 1.17 bits per heavy atom. The summed E-state index contributed by atoms with van der Waals surface area (Å²) < 4.78 is 0. The molecule has 2 nitrogen and oxygen atoms in total. The molecule has 0 aliphatic heterocycles. The van der Waals surface area contributed by atoms with Crippen LogP contribution in [0.25, 0.3) is 0 Å². The van der Waals surface area contributed by atoms with Crippen LogP contribution < -0.4 is 5.11 Å². The maximum absolute atomic E-state index is 11.5. The highest BCUT2D eigenvalue weighted by molar-refractivity contribution is 5.82. The third kappa shape index (κ3) is 1.62. The van der Waals surface area contributed by atoms with Gasteiger partial charge >= 0.3 is 0 Å². The van der Waals surface area contributed by atoms with Crippen LogP contribution in [0.2, 0.25) is 0 Å². The Morgan fingerprint density at radius 3 is 2.33 bits per heavy atom. The number of aliphatic carboxylic acids is 1. The largest absolute Gasteiger partial charge is 0.548 e. The summed E-state index contributed by atoms with van der Waals surface area (Å²) in [5.41, 5.74) is 0.0218. The lowest BCUT2D eigenvalue weighted by molar-refractivity contribution is -0.312. The Labute approximate surface area is 107 Å². The fourth-order valence-corrected chi connectivity index (χ4v) is 3.36. The van der Waals surface area contributed by atoms with Crippen molar-refractivity contribution in [2.45, 2.75) is 25.7 Å². The summed E-state index contributed by atoms with van der Waals surface area (Å²) >= 11 is 0. The molecule has 2 fully saturated rings. The van der Waals surface area contributed by atoms with Crippen LogP contribution in [0.1, 0.15) is 31.2 Å². The Bertz CT molecular complexity index is 509. The second-order valence-corrected chi connectivity index (χ2v) is 5.27. The van der Waals surface area contributed by atoms with Crippen molar-refractivity contribution in [3.8, 4) is 11.8 Å². The highest BCUT2D eigenvalue weighted by Crippen LogP contribution is 2.64. The molecule has 2 heteroatoms. The quantitative estimate of drug-likeness (QED) is 0.698. The van der Waals surface area contributed by atoms with E-state index in [0.29, 0.717) is 0 Å². The average Bonchev–Trinajstić information content (AvgIpc) is 3.07. The summed E-state index contributed by atoms with van der Waals surface area (Å²) in [4.78, 5) is 11.5. The van der Waals surface area contributed by atoms with Crippen LogP contribution >= 0.6 is 0 Å². The van der Waals surface area contributed by atoms with Crippen molar-refractivity contribution >= 4 is 5.97 Å². The standard InChI is InChI=1S/C16H16O2/c17-15(18)16(13-8-4-5-9-14(13)16)11-10-12-6-2-1-3-7-12/h1-3,6-7,13-14H,4-5,8-9H2,(H,17,18)/p-1/t13-,14+,16?. The summed E-state index contributed by atoms with van der Waals surface area (Å²) in [5.74, 6) is 5.52. The fraction of sp³-hybridized carbons (Fsp3) is 0.438. The van der Waals surface area contributed by atoms with Crippen LogP contribution in [-0.4, -0.2) is 5.97 Å². The molecule has 3 atom stereocenters. The summed E-state index contributed by atoms with van der Waals surface area (Å²) in [7, 11) is 0. The number of rotatable bonds is 1. The minimum atomic E-state index is -0.970. The van der Waals surface area contributed by atoms with Gasteiger partial charge in [0.15, 0.2) is 0 Å².